The van der Waals surface area contributed by atoms with Gasteiger partial charge in [-0.3, -0.25) is 4.79 Å². The highest BCUT2D eigenvalue weighted by molar-refractivity contribution is 5.81. The monoisotopic (exact) mass is 226 g/mol. The van der Waals surface area contributed by atoms with Crippen LogP contribution in [0.2, 0.25) is 0 Å². The Balaban J connectivity index is 1.74. The zero-order valence-corrected chi connectivity index (χ0v) is 9.60. The molecule has 86 valence electrons. The summed E-state index contributed by atoms with van der Waals surface area (Å²) in [5.74, 6) is 1.31. The molecule has 2 heterocycles. The number of carbonyl (C=O) groups excluding carboxylic acids is 1. The summed E-state index contributed by atoms with van der Waals surface area (Å²) in [5.41, 5.74) is 1.72. The lowest BCUT2D eigenvalue weighted by molar-refractivity contribution is -0.149. The van der Waals surface area contributed by atoms with Gasteiger partial charge in [0.05, 0.1) is 11.6 Å². The third-order valence-electron chi connectivity index (χ3n) is 3.80. The molecule has 0 aromatic heterocycles. The lowest BCUT2D eigenvalue weighted by Gasteiger charge is -2.46. The Kier molecular flexibility index (Phi) is 2.36. The SMILES string of the molecule is N#Cc1cccc(CN2CC3CC(C3)C2=O)c1. The van der Waals surface area contributed by atoms with E-state index in [0.717, 1.165) is 30.9 Å². The molecule has 3 aliphatic rings. The predicted octanol–water partition coefficient (Wildman–Crippen LogP) is 1.93. The van der Waals surface area contributed by atoms with Crippen LogP contribution in [0.3, 0.4) is 0 Å². The minimum Gasteiger partial charge on any atom is -0.338 e. The second-order valence-corrected chi connectivity index (χ2v) is 5.07. The molecule has 1 amide bonds. The molecule has 3 fully saturated rings. The average molecular weight is 226 g/mol. The summed E-state index contributed by atoms with van der Waals surface area (Å²) in [5, 5.41) is 8.84. The molecule has 2 saturated heterocycles. The summed E-state index contributed by atoms with van der Waals surface area (Å²) in [6.07, 6.45) is 2.18. The van der Waals surface area contributed by atoms with Gasteiger partial charge in [0.25, 0.3) is 0 Å². The fraction of sp³-hybridized carbons (Fsp3) is 0.429. The Bertz CT molecular complexity index is 497. The van der Waals surface area contributed by atoms with Crippen LogP contribution in [-0.2, 0) is 11.3 Å². The topological polar surface area (TPSA) is 44.1 Å². The molecule has 0 radical (unpaired) electrons. The minimum absolute atomic E-state index is 0.285. The molecule has 2 bridgehead atoms. The van der Waals surface area contributed by atoms with Crippen molar-refractivity contribution in [2.24, 2.45) is 11.8 Å². The Labute approximate surface area is 101 Å². The van der Waals surface area contributed by atoms with Gasteiger partial charge in [0.15, 0.2) is 0 Å². The summed E-state index contributed by atoms with van der Waals surface area (Å²) in [6, 6.07) is 9.65. The number of nitrogens with zero attached hydrogens (tertiary/aromatic N) is 2. The molecule has 17 heavy (non-hydrogen) atoms. The van der Waals surface area contributed by atoms with Crippen molar-refractivity contribution in [3.63, 3.8) is 0 Å². The zero-order valence-electron chi connectivity index (χ0n) is 9.60. The lowest BCUT2D eigenvalue weighted by atomic mass is 9.70. The van der Waals surface area contributed by atoms with E-state index >= 15 is 0 Å². The predicted molar refractivity (Wildman–Crippen MR) is 62.8 cm³/mol. The van der Waals surface area contributed by atoms with Gasteiger partial charge in [0, 0.05) is 19.0 Å². The van der Waals surface area contributed by atoms with Gasteiger partial charge >= 0.3 is 0 Å². The molecule has 1 aromatic rings. The normalized spacial score (nSPS) is 26.3. The number of hydrogen-bond donors (Lipinski definition) is 0. The van der Waals surface area contributed by atoms with Crippen LogP contribution in [0.5, 0.6) is 0 Å². The Morgan fingerprint density at radius 1 is 1.41 bits per heavy atom. The largest absolute Gasteiger partial charge is 0.338 e. The molecule has 3 heteroatoms. The smallest absolute Gasteiger partial charge is 0.226 e. The number of piperidine rings is 2. The van der Waals surface area contributed by atoms with E-state index in [9.17, 15) is 4.79 Å². The quantitative estimate of drug-likeness (QED) is 0.773. The van der Waals surface area contributed by atoms with E-state index in [4.69, 9.17) is 5.26 Å². The van der Waals surface area contributed by atoms with E-state index in [1.54, 1.807) is 6.07 Å². The molecule has 1 aromatic carbocycles. The molecule has 4 rings (SSSR count). The number of amides is 1. The van der Waals surface area contributed by atoms with Gasteiger partial charge in [-0.2, -0.15) is 5.26 Å². The summed E-state index contributed by atoms with van der Waals surface area (Å²) >= 11 is 0. The van der Waals surface area contributed by atoms with Gasteiger partial charge in [0.1, 0.15) is 0 Å². The van der Waals surface area contributed by atoms with Crippen LogP contribution in [0.4, 0.5) is 0 Å². The second kappa shape index (κ2) is 3.89. The highest BCUT2D eigenvalue weighted by Crippen LogP contribution is 2.40. The van der Waals surface area contributed by atoms with Crippen molar-refractivity contribution < 1.29 is 4.79 Å². The molecule has 0 N–H and O–H groups in total. The number of rotatable bonds is 2. The standard InChI is InChI=1S/C14H14N2O/c15-7-10-2-1-3-11(4-10)8-16-9-12-5-13(6-12)14(16)17/h1-4,12-13H,5-6,8-9H2. The number of fused-ring (bicyclic) bond motifs is 2. The van der Waals surface area contributed by atoms with Crippen LogP contribution in [-0.4, -0.2) is 17.4 Å². The Morgan fingerprint density at radius 2 is 2.24 bits per heavy atom. The van der Waals surface area contributed by atoms with Crippen molar-refractivity contribution in [1.82, 2.24) is 4.90 Å². The number of nitriles is 1. The molecule has 0 unspecified atom stereocenters. The van der Waals surface area contributed by atoms with Crippen LogP contribution in [0, 0.1) is 23.2 Å². The summed E-state index contributed by atoms with van der Waals surface area (Å²) in [6.45, 7) is 1.55. The number of benzene rings is 1. The van der Waals surface area contributed by atoms with Crippen LogP contribution in [0.25, 0.3) is 0 Å². The van der Waals surface area contributed by atoms with E-state index in [-0.39, 0.29) is 5.92 Å². The molecule has 0 spiro atoms. The first-order valence-electron chi connectivity index (χ1n) is 6.04. The fourth-order valence-corrected chi connectivity index (χ4v) is 2.85. The first-order valence-corrected chi connectivity index (χ1v) is 6.04. The average Bonchev–Trinajstić information content (AvgIpc) is 2.30. The molecule has 1 saturated carbocycles. The van der Waals surface area contributed by atoms with Crippen LogP contribution >= 0.6 is 0 Å². The maximum Gasteiger partial charge on any atom is 0.226 e. The van der Waals surface area contributed by atoms with Gasteiger partial charge in [-0.15, -0.1) is 0 Å². The van der Waals surface area contributed by atoms with E-state index in [1.807, 2.05) is 23.1 Å². The van der Waals surface area contributed by atoms with Crippen LogP contribution in [0.15, 0.2) is 24.3 Å². The van der Waals surface area contributed by atoms with E-state index in [2.05, 4.69) is 6.07 Å². The van der Waals surface area contributed by atoms with Crippen LogP contribution in [0.1, 0.15) is 24.0 Å². The molecule has 1 aliphatic carbocycles. The minimum atomic E-state index is 0.285. The van der Waals surface area contributed by atoms with Crippen molar-refractivity contribution in [2.75, 3.05) is 6.54 Å². The summed E-state index contributed by atoms with van der Waals surface area (Å²) in [4.78, 5) is 13.9. The maximum atomic E-state index is 12.0. The highest BCUT2D eigenvalue weighted by atomic mass is 16.2. The molecule has 0 atom stereocenters. The second-order valence-electron chi connectivity index (χ2n) is 5.07. The Morgan fingerprint density at radius 3 is 2.94 bits per heavy atom. The van der Waals surface area contributed by atoms with Crippen molar-refractivity contribution in [3.05, 3.63) is 35.4 Å². The van der Waals surface area contributed by atoms with Crippen molar-refractivity contribution in [2.45, 2.75) is 19.4 Å². The number of hydrogen-bond acceptors (Lipinski definition) is 2. The van der Waals surface area contributed by atoms with Gasteiger partial charge in [-0.1, -0.05) is 12.1 Å². The first kappa shape index (κ1) is 10.3. The highest BCUT2D eigenvalue weighted by Gasteiger charge is 2.43. The zero-order chi connectivity index (χ0) is 11.8. The van der Waals surface area contributed by atoms with Crippen molar-refractivity contribution in [3.8, 4) is 6.07 Å². The third-order valence-corrected chi connectivity index (χ3v) is 3.80. The van der Waals surface area contributed by atoms with E-state index < -0.39 is 0 Å². The molecule has 2 aliphatic heterocycles. The maximum absolute atomic E-state index is 12.0. The molecular weight excluding hydrogens is 212 g/mol. The van der Waals surface area contributed by atoms with E-state index in [1.165, 1.54) is 0 Å². The van der Waals surface area contributed by atoms with E-state index in [0.29, 0.717) is 18.0 Å². The molecular formula is C14H14N2O. The van der Waals surface area contributed by atoms with Gasteiger partial charge < -0.3 is 4.90 Å². The molecule has 3 nitrogen and oxygen atoms in total. The first-order chi connectivity index (χ1) is 8.26. The summed E-state index contributed by atoms with van der Waals surface area (Å²) in [7, 11) is 0. The Hall–Kier alpha value is -1.82. The third kappa shape index (κ3) is 1.80. The fourth-order valence-electron chi connectivity index (χ4n) is 2.85. The van der Waals surface area contributed by atoms with Crippen molar-refractivity contribution >= 4 is 5.91 Å². The lowest BCUT2D eigenvalue weighted by Crippen LogP contribution is -2.52. The summed E-state index contributed by atoms with van der Waals surface area (Å²) < 4.78 is 0. The van der Waals surface area contributed by atoms with Gasteiger partial charge in [-0.25, -0.2) is 0 Å². The van der Waals surface area contributed by atoms with Crippen molar-refractivity contribution in [1.29, 1.82) is 5.26 Å². The van der Waals surface area contributed by atoms with Gasteiger partial charge in [-0.05, 0) is 36.5 Å². The van der Waals surface area contributed by atoms with Gasteiger partial charge in [0.2, 0.25) is 5.91 Å². The van der Waals surface area contributed by atoms with Crippen LogP contribution < -0.4 is 0 Å². The number of carbonyl (C=O) groups is 1.